The normalized spacial score (nSPS) is 19.8. The zero-order valence-corrected chi connectivity index (χ0v) is 14.4. The second kappa shape index (κ2) is 7.52. The van der Waals surface area contributed by atoms with Crippen LogP contribution < -0.4 is 10.6 Å². The van der Waals surface area contributed by atoms with Gasteiger partial charge in [-0.3, -0.25) is 4.90 Å². The summed E-state index contributed by atoms with van der Waals surface area (Å²) in [5.74, 6) is 1.17. The van der Waals surface area contributed by atoms with Gasteiger partial charge in [0.15, 0.2) is 0 Å². The van der Waals surface area contributed by atoms with Crippen LogP contribution in [0.5, 0.6) is 0 Å². The number of para-hydroxylation sites is 1. The average Bonchev–Trinajstić information content (AvgIpc) is 2.55. The maximum absolute atomic E-state index is 6.19. The lowest BCUT2D eigenvalue weighted by Gasteiger charge is -2.49. The summed E-state index contributed by atoms with van der Waals surface area (Å²) in [6.45, 7) is 5.26. The number of benzene rings is 1. The Labute approximate surface area is 133 Å². The maximum Gasteiger partial charge on any atom is 0.0366 e. The number of hydrogen-bond donors (Lipinski definition) is 1. The average molecular weight is 308 g/mol. The summed E-state index contributed by atoms with van der Waals surface area (Å²) in [4.78, 5) is 5.02. The van der Waals surface area contributed by atoms with Crippen molar-refractivity contribution >= 4 is 17.4 Å². The fraction of sp³-hybridized carbons (Fsp3) is 0.647. The van der Waals surface area contributed by atoms with Crippen LogP contribution in [0, 0.1) is 0 Å². The lowest BCUT2D eigenvalue weighted by Crippen LogP contribution is -2.60. The predicted octanol–water partition coefficient (Wildman–Crippen LogP) is 2.67. The Morgan fingerprint density at radius 3 is 2.43 bits per heavy atom. The highest BCUT2D eigenvalue weighted by Gasteiger charge is 2.38. The lowest BCUT2D eigenvalue weighted by molar-refractivity contribution is 0.0696. The quantitative estimate of drug-likeness (QED) is 0.876. The van der Waals surface area contributed by atoms with E-state index < -0.39 is 0 Å². The van der Waals surface area contributed by atoms with Gasteiger partial charge in [0.05, 0.1) is 0 Å². The molecule has 1 aromatic carbocycles. The van der Waals surface area contributed by atoms with Crippen molar-refractivity contribution in [2.45, 2.75) is 31.3 Å². The van der Waals surface area contributed by atoms with Crippen molar-refractivity contribution in [1.29, 1.82) is 0 Å². The molecule has 1 aliphatic rings. The van der Waals surface area contributed by atoms with Crippen molar-refractivity contribution < 1.29 is 0 Å². The smallest absolute Gasteiger partial charge is 0.0366 e. The van der Waals surface area contributed by atoms with E-state index in [9.17, 15) is 0 Å². The monoisotopic (exact) mass is 307 g/mol. The number of nitrogens with zero attached hydrogens (tertiary/aromatic N) is 2. The fourth-order valence-electron chi connectivity index (χ4n) is 3.34. The van der Waals surface area contributed by atoms with Crippen LogP contribution >= 0.6 is 11.8 Å². The van der Waals surface area contributed by atoms with Gasteiger partial charge in [-0.15, -0.1) is 0 Å². The van der Waals surface area contributed by atoms with E-state index in [0.717, 1.165) is 32.5 Å². The third-order valence-corrected chi connectivity index (χ3v) is 5.83. The summed E-state index contributed by atoms with van der Waals surface area (Å²) in [7, 11) is 2.26. The summed E-state index contributed by atoms with van der Waals surface area (Å²) in [6, 6.07) is 11.3. The van der Waals surface area contributed by atoms with Gasteiger partial charge >= 0.3 is 0 Å². The first-order valence-electron chi connectivity index (χ1n) is 7.85. The van der Waals surface area contributed by atoms with Crippen LogP contribution in [0.15, 0.2) is 30.3 Å². The van der Waals surface area contributed by atoms with Gasteiger partial charge in [0, 0.05) is 42.7 Å². The summed E-state index contributed by atoms with van der Waals surface area (Å²) < 4.78 is 0. The van der Waals surface area contributed by atoms with Crippen LogP contribution in [-0.2, 0) is 0 Å². The Kier molecular flexibility index (Phi) is 5.97. The molecule has 2 N–H and O–H groups in total. The molecule has 1 aromatic rings. The Morgan fingerprint density at radius 1 is 1.29 bits per heavy atom. The highest BCUT2D eigenvalue weighted by Crippen LogP contribution is 2.31. The molecular weight excluding hydrogens is 278 g/mol. The SMILES string of the molecule is CSCC(C)N(C)C1(CN)CCN(c2ccccc2)CC1. The predicted molar refractivity (Wildman–Crippen MR) is 95.3 cm³/mol. The summed E-state index contributed by atoms with van der Waals surface area (Å²) in [5.41, 5.74) is 7.69. The van der Waals surface area contributed by atoms with E-state index in [2.05, 4.69) is 60.4 Å². The first kappa shape index (κ1) is 16.7. The minimum atomic E-state index is 0.167. The molecule has 0 radical (unpaired) electrons. The minimum Gasteiger partial charge on any atom is -0.371 e. The highest BCUT2D eigenvalue weighted by atomic mass is 32.2. The third-order valence-electron chi connectivity index (χ3n) is 5.01. The van der Waals surface area contributed by atoms with Gasteiger partial charge in [-0.05, 0) is 45.2 Å². The molecular formula is C17H29N3S. The van der Waals surface area contributed by atoms with Crippen molar-refractivity contribution in [2.75, 3.05) is 43.6 Å². The Morgan fingerprint density at radius 2 is 1.90 bits per heavy atom. The first-order chi connectivity index (χ1) is 10.1. The number of thioether (sulfide) groups is 1. The van der Waals surface area contributed by atoms with Gasteiger partial charge < -0.3 is 10.6 Å². The zero-order valence-electron chi connectivity index (χ0n) is 13.6. The molecule has 1 fully saturated rings. The standard InChI is InChI=1S/C17H29N3S/c1-15(13-21-3)19(2)17(14-18)9-11-20(12-10-17)16-7-5-4-6-8-16/h4-8,15H,9-14,18H2,1-3H3. The maximum atomic E-state index is 6.19. The van der Waals surface area contributed by atoms with Crippen LogP contribution in [0.3, 0.4) is 0 Å². The summed E-state index contributed by atoms with van der Waals surface area (Å²) in [5, 5.41) is 0. The molecule has 0 spiro atoms. The lowest BCUT2D eigenvalue weighted by atomic mass is 9.85. The molecule has 1 heterocycles. The van der Waals surface area contributed by atoms with Crippen LogP contribution in [0.4, 0.5) is 5.69 Å². The topological polar surface area (TPSA) is 32.5 Å². The van der Waals surface area contributed by atoms with E-state index >= 15 is 0 Å². The molecule has 3 nitrogen and oxygen atoms in total. The second-order valence-corrected chi connectivity index (χ2v) is 7.08. The van der Waals surface area contributed by atoms with E-state index in [4.69, 9.17) is 5.73 Å². The van der Waals surface area contributed by atoms with Crippen LogP contribution in [0.25, 0.3) is 0 Å². The van der Waals surface area contributed by atoms with Gasteiger partial charge in [0.2, 0.25) is 0 Å². The Bertz CT molecular complexity index is 415. The number of nitrogens with two attached hydrogens (primary N) is 1. The van der Waals surface area contributed by atoms with Crippen LogP contribution in [-0.4, -0.2) is 55.2 Å². The van der Waals surface area contributed by atoms with Gasteiger partial charge in [0.25, 0.3) is 0 Å². The van der Waals surface area contributed by atoms with E-state index in [1.165, 1.54) is 11.4 Å². The van der Waals surface area contributed by atoms with Gasteiger partial charge in [-0.2, -0.15) is 11.8 Å². The summed E-state index contributed by atoms with van der Waals surface area (Å²) in [6.07, 6.45) is 4.47. The molecule has 0 amide bonds. The molecule has 0 aliphatic carbocycles. The number of anilines is 1. The van der Waals surface area contributed by atoms with Crippen molar-refractivity contribution in [2.24, 2.45) is 5.73 Å². The minimum absolute atomic E-state index is 0.167. The number of rotatable bonds is 6. The molecule has 4 heteroatoms. The molecule has 1 saturated heterocycles. The number of hydrogen-bond acceptors (Lipinski definition) is 4. The van der Waals surface area contributed by atoms with E-state index in [-0.39, 0.29) is 5.54 Å². The largest absolute Gasteiger partial charge is 0.371 e. The third kappa shape index (κ3) is 3.74. The number of likely N-dealkylation sites (N-methyl/N-ethyl adjacent to an activating group) is 1. The molecule has 21 heavy (non-hydrogen) atoms. The molecule has 0 bridgehead atoms. The van der Waals surface area contributed by atoms with Gasteiger partial charge in [-0.25, -0.2) is 0 Å². The first-order valence-corrected chi connectivity index (χ1v) is 9.24. The molecule has 1 atom stereocenters. The summed E-state index contributed by atoms with van der Waals surface area (Å²) >= 11 is 1.92. The molecule has 1 aliphatic heterocycles. The van der Waals surface area contributed by atoms with E-state index in [1.807, 2.05) is 11.8 Å². The molecule has 0 saturated carbocycles. The highest BCUT2D eigenvalue weighted by molar-refractivity contribution is 7.98. The fourth-order valence-corrected chi connectivity index (χ4v) is 4.05. The van der Waals surface area contributed by atoms with Crippen molar-refractivity contribution in [1.82, 2.24) is 4.90 Å². The molecule has 2 rings (SSSR count). The number of piperidine rings is 1. The van der Waals surface area contributed by atoms with Crippen molar-refractivity contribution in [3.05, 3.63) is 30.3 Å². The van der Waals surface area contributed by atoms with Crippen molar-refractivity contribution in [3.63, 3.8) is 0 Å². The Balaban J connectivity index is 2.02. The Hall–Kier alpha value is -0.710. The molecule has 0 aromatic heterocycles. The van der Waals surface area contributed by atoms with Crippen molar-refractivity contribution in [3.8, 4) is 0 Å². The molecule has 1 unspecified atom stereocenters. The van der Waals surface area contributed by atoms with Gasteiger partial charge in [0.1, 0.15) is 0 Å². The van der Waals surface area contributed by atoms with Crippen LogP contribution in [0.2, 0.25) is 0 Å². The van der Waals surface area contributed by atoms with E-state index in [1.54, 1.807) is 0 Å². The van der Waals surface area contributed by atoms with Crippen LogP contribution in [0.1, 0.15) is 19.8 Å². The van der Waals surface area contributed by atoms with E-state index in [0.29, 0.717) is 6.04 Å². The van der Waals surface area contributed by atoms with Gasteiger partial charge in [-0.1, -0.05) is 18.2 Å². The second-order valence-electron chi connectivity index (χ2n) is 6.17. The molecule has 118 valence electrons. The zero-order chi connectivity index (χ0) is 15.3.